The quantitative estimate of drug-likeness (QED) is 0.553. The van der Waals surface area contributed by atoms with E-state index in [2.05, 4.69) is 10.1 Å². The smallest absolute Gasteiger partial charge is 0.266 e. The maximum Gasteiger partial charge on any atom is 0.291 e. The fourth-order valence-electron chi connectivity index (χ4n) is 2.29. The van der Waals surface area contributed by atoms with Gasteiger partial charge in [-0.2, -0.15) is 9.50 Å². The van der Waals surface area contributed by atoms with Crippen molar-refractivity contribution in [3.63, 3.8) is 0 Å². The van der Waals surface area contributed by atoms with Gasteiger partial charge in [0.25, 0.3) is 5.56 Å². The van der Waals surface area contributed by atoms with Crippen LogP contribution in [0.15, 0.2) is 53.3 Å². The molecule has 4 aromatic rings. The molecule has 0 spiro atoms. The number of hydrogen-bond acceptors (Lipinski definition) is 4. The van der Waals surface area contributed by atoms with Crippen molar-refractivity contribution in [3.05, 3.63) is 79.8 Å². The van der Waals surface area contributed by atoms with E-state index in [9.17, 15) is 9.18 Å². The van der Waals surface area contributed by atoms with Crippen LogP contribution in [0.2, 0.25) is 5.02 Å². The molecule has 2 aromatic carbocycles. The summed E-state index contributed by atoms with van der Waals surface area (Å²) in [6.45, 7) is 0. The van der Waals surface area contributed by atoms with Crippen LogP contribution in [0.1, 0.15) is 5.56 Å². The van der Waals surface area contributed by atoms with Gasteiger partial charge in [0.2, 0.25) is 4.96 Å². The molecule has 0 radical (unpaired) electrons. The third kappa shape index (κ3) is 2.70. The molecule has 0 aliphatic heterocycles. The SMILES string of the molecule is O=c1c(=Cc2ccc(F)cc2)sc2nc(-c3cccc(Cl)c3)nn12. The van der Waals surface area contributed by atoms with Gasteiger partial charge >= 0.3 is 0 Å². The molecule has 0 aliphatic rings. The third-order valence-corrected chi connectivity index (χ3v) is 4.63. The first-order valence-electron chi connectivity index (χ1n) is 7.03. The molecule has 0 fully saturated rings. The van der Waals surface area contributed by atoms with Gasteiger partial charge in [0, 0.05) is 10.6 Å². The van der Waals surface area contributed by atoms with E-state index in [0.29, 0.717) is 20.3 Å². The number of fused-ring (bicyclic) bond motifs is 1. The van der Waals surface area contributed by atoms with Gasteiger partial charge in [-0.3, -0.25) is 4.79 Å². The second-order valence-corrected chi connectivity index (χ2v) is 6.55. The first-order chi connectivity index (χ1) is 11.6. The van der Waals surface area contributed by atoms with Crippen LogP contribution in [-0.2, 0) is 0 Å². The van der Waals surface area contributed by atoms with Crippen LogP contribution >= 0.6 is 22.9 Å². The summed E-state index contributed by atoms with van der Waals surface area (Å²) in [5.41, 5.74) is 1.25. The van der Waals surface area contributed by atoms with Crippen LogP contribution in [0.3, 0.4) is 0 Å². The Bertz CT molecular complexity index is 1150. The lowest BCUT2D eigenvalue weighted by Crippen LogP contribution is -2.23. The number of hydrogen-bond donors (Lipinski definition) is 0. The fraction of sp³-hybridized carbons (Fsp3) is 0. The first kappa shape index (κ1) is 15.0. The third-order valence-electron chi connectivity index (χ3n) is 3.43. The number of benzene rings is 2. The lowest BCUT2D eigenvalue weighted by atomic mass is 10.2. The van der Waals surface area contributed by atoms with Gasteiger partial charge < -0.3 is 0 Å². The summed E-state index contributed by atoms with van der Waals surface area (Å²) < 4.78 is 14.7. The minimum atomic E-state index is -0.316. The van der Waals surface area contributed by atoms with Gasteiger partial charge in [-0.05, 0) is 35.9 Å². The molecular formula is C17H9ClFN3OS. The van der Waals surface area contributed by atoms with Gasteiger partial charge in [0.1, 0.15) is 5.82 Å². The average Bonchev–Trinajstić information content (AvgIpc) is 3.10. The second-order valence-electron chi connectivity index (χ2n) is 5.11. The molecule has 4 rings (SSSR count). The summed E-state index contributed by atoms with van der Waals surface area (Å²) in [5, 5.41) is 4.85. The molecule has 7 heteroatoms. The van der Waals surface area contributed by atoms with E-state index in [1.54, 1.807) is 36.4 Å². The summed E-state index contributed by atoms with van der Waals surface area (Å²) in [4.78, 5) is 17.3. The minimum absolute atomic E-state index is 0.250. The van der Waals surface area contributed by atoms with E-state index in [0.717, 1.165) is 11.1 Å². The van der Waals surface area contributed by atoms with Gasteiger partial charge in [-0.25, -0.2) is 4.39 Å². The van der Waals surface area contributed by atoms with Crippen molar-refractivity contribution in [2.24, 2.45) is 0 Å². The number of nitrogens with zero attached hydrogens (tertiary/aromatic N) is 3. The molecule has 2 aromatic heterocycles. The van der Waals surface area contributed by atoms with E-state index in [1.165, 1.54) is 28.0 Å². The molecule has 0 N–H and O–H groups in total. The zero-order chi connectivity index (χ0) is 16.7. The highest BCUT2D eigenvalue weighted by molar-refractivity contribution is 7.15. The van der Waals surface area contributed by atoms with E-state index in [4.69, 9.17) is 11.6 Å². The fourth-order valence-corrected chi connectivity index (χ4v) is 3.39. The average molecular weight is 358 g/mol. The second kappa shape index (κ2) is 5.81. The van der Waals surface area contributed by atoms with Crippen LogP contribution in [0.5, 0.6) is 0 Å². The van der Waals surface area contributed by atoms with E-state index in [1.807, 2.05) is 6.07 Å². The van der Waals surface area contributed by atoms with Crippen molar-refractivity contribution >= 4 is 34.0 Å². The number of rotatable bonds is 2. The standard InChI is InChI=1S/C17H9ClFN3OS/c18-12-3-1-2-11(9-12)15-20-17-22(21-15)16(23)14(24-17)8-10-4-6-13(19)7-5-10/h1-9H. The molecule has 0 saturated carbocycles. The van der Waals surface area contributed by atoms with Crippen molar-refractivity contribution in [1.29, 1.82) is 0 Å². The van der Waals surface area contributed by atoms with Crippen LogP contribution < -0.4 is 10.1 Å². The Balaban J connectivity index is 1.81. The van der Waals surface area contributed by atoms with Crippen molar-refractivity contribution < 1.29 is 4.39 Å². The van der Waals surface area contributed by atoms with Crippen LogP contribution in [-0.4, -0.2) is 14.6 Å². The zero-order valence-corrected chi connectivity index (χ0v) is 13.7. The summed E-state index contributed by atoms with van der Waals surface area (Å²) in [7, 11) is 0. The molecule has 0 atom stereocenters. The molecule has 0 aliphatic carbocycles. The largest absolute Gasteiger partial charge is 0.291 e. The molecule has 24 heavy (non-hydrogen) atoms. The molecule has 2 heterocycles. The molecule has 0 amide bonds. The first-order valence-corrected chi connectivity index (χ1v) is 8.22. The Kier molecular flexibility index (Phi) is 3.63. The van der Waals surface area contributed by atoms with Crippen molar-refractivity contribution in [3.8, 4) is 11.4 Å². The van der Waals surface area contributed by atoms with E-state index < -0.39 is 0 Å². The van der Waals surface area contributed by atoms with Gasteiger partial charge in [-0.1, -0.05) is 47.2 Å². The highest BCUT2D eigenvalue weighted by atomic mass is 35.5. The van der Waals surface area contributed by atoms with Crippen molar-refractivity contribution in [2.45, 2.75) is 0 Å². The topological polar surface area (TPSA) is 47.3 Å². The number of thiazole rings is 1. The predicted molar refractivity (Wildman–Crippen MR) is 92.8 cm³/mol. The molecule has 0 bridgehead atoms. The Hall–Kier alpha value is -2.57. The predicted octanol–water partition coefficient (Wildman–Crippen LogP) is 3.16. The lowest BCUT2D eigenvalue weighted by Gasteiger charge is -1.94. The van der Waals surface area contributed by atoms with Crippen LogP contribution in [0, 0.1) is 5.82 Å². The number of halogens is 2. The molecule has 0 unspecified atom stereocenters. The van der Waals surface area contributed by atoms with Gasteiger partial charge in [0.15, 0.2) is 5.82 Å². The number of aromatic nitrogens is 3. The van der Waals surface area contributed by atoms with E-state index >= 15 is 0 Å². The lowest BCUT2D eigenvalue weighted by molar-refractivity contribution is 0.628. The summed E-state index contributed by atoms with van der Waals surface area (Å²) >= 11 is 7.21. The molecule has 4 nitrogen and oxygen atoms in total. The van der Waals surface area contributed by atoms with Crippen LogP contribution in [0.4, 0.5) is 4.39 Å². The van der Waals surface area contributed by atoms with Crippen molar-refractivity contribution in [2.75, 3.05) is 0 Å². The summed E-state index contributed by atoms with van der Waals surface area (Å²) in [6, 6.07) is 13.1. The van der Waals surface area contributed by atoms with Crippen LogP contribution in [0.25, 0.3) is 22.4 Å². The zero-order valence-electron chi connectivity index (χ0n) is 12.1. The Labute approximate surface area is 144 Å². The highest BCUT2D eigenvalue weighted by Gasteiger charge is 2.12. The minimum Gasteiger partial charge on any atom is -0.266 e. The monoisotopic (exact) mass is 357 g/mol. The van der Waals surface area contributed by atoms with E-state index in [-0.39, 0.29) is 11.4 Å². The molecule has 0 saturated heterocycles. The maximum absolute atomic E-state index is 13.0. The molecule has 118 valence electrons. The Morgan fingerprint density at radius 1 is 1.17 bits per heavy atom. The Morgan fingerprint density at radius 3 is 2.67 bits per heavy atom. The Morgan fingerprint density at radius 2 is 1.96 bits per heavy atom. The van der Waals surface area contributed by atoms with Gasteiger partial charge in [0.05, 0.1) is 4.53 Å². The normalized spacial score (nSPS) is 12.2. The molecular weight excluding hydrogens is 349 g/mol. The maximum atomic E-state index is 13.0. The summed E-state index contributed by atoms with van der Waals surface area (Å²) in [5.74, 6) is 0.137. The summed E-state index contributed by atoms with van der Waals surface area (Å²) in [6.07, 6.45) is 1.70. The van der Waals surface area contributed by atoms with Gasteiger partial charge in [-0.15, -0.1) is 5.10 Å². The van der Waals surface area contributed by atoms with Crippen molar-refractivity contribution in [1.82, 2.24) is 14.6 Å². The highest BCUT2D eigenvalue weighted by Crippen LogP contribution is 2.20.